The molecule has 1 fully saturated rings. The molecule has 2 aromatic carbocycles. The van der Waals surface area contributed by atoms with E-state index in [1.165, 1.54) is 48.2 Å². The molecule has 2 aromatic rings. The van der Waals surface area contributed by atoms with Crippen LogP contribution in [0.1, 0.15) is 18.1 Å². The number of carbonyl (C=O) groups is 3. The summed E-state index contributed by atoms with van der Waals surface area (Å²) in [6.07, 6.45) is -1.47. The van der Waals surface area contributed by atoms with Crippen LogP contribution in [-0.2, 0) is 27.4 Å². The Morgan fingerprint density at radius 2 is 1.61 bits per heavy atom. The molecule has 15 heteroatoms. The summed E-state index contributed by atoms with van der Waals surface area (Å²) in [5.74, 6) is -2.82. The SMILES string of the molecule is C[C@H](O)[C@H]1C(=O)N2C(C(=O)O)=C(SCCNC(=O)OCc3ccc([N+](=O)[O-])cc3)C(Cc3ccc([N+](=O)[O-])cc3)[C@@H]12. The molecule has 0 bridgehead atoms. The Hall–Kier alpha value is -4.50. The molecule has 1 saturated heterocycles. The predicted molar refractivity (Wildman–Crippen MR) is 144 cm³/mol. The first-order valence-electron chi connectivity index (χ1n) is 12.5. The van der Waals surface area contributed by atoms with Crippen LogP contribution in [0.3, 0.4) is 0 Å². The lowest BCUT2D eigenvalue weighted by Crippen LogP contribution is -2.64. The number of nitrogens with zero attached hydrogens (tertiary/aromatic N) is 3. The summed E-state index contributed by atoms with van der Waals surface area (Å²) in [7, 11) is 0. The van der Waals surface area contributed by atoms with Gasteiger partial charge in [-0.3, -0.25) is 25.0 Å². The van der Waals surface area contributed by atoms with Gasteiger partial charge >= 0.3 is 12.1 Å². The Labute approximate surface area is 237 Å². The Kier molecular flexibility index (Phi) is 8.88. The van der Waals surface area contributed by atoms with Gasteiger partial charge in [-0.15, -0.1) is 11.8 Å². The summed E-state index contributed by atoms with van der Waals surface area (Å²) >= 11 is 1.16. The second-order valence-corrected chi connectivity index (χ2v) is 10.6. The second-order valence-electron chi connectivity index (χ2n) is 9.49. The first-order chi connectivity index (χ1) is 19.5. The number of aliphatic hydroxyl groups excluding tert-OH is 1. The van der Waals surface area contributed by atoms with Gasteiger partial charge < -0.3 is 25.2 Å². The largest absolute Gasteiger partial charge is 0.477 e. The number of carbonyl (C=O) groups excluding carboxylic acids is 2. The van der Waals surface area contributed by atoms with Crippen molar-refractivity contribution in [3.63, 3.8) is 0 Å². The van der Waals surface area contributed by atoms with Crippen molar-refractivity contribution in [3.05, 3.63) is 90.5 Å². The Morgan fingerprint density at radius 3 is 2.12 bits per heavy atom. The van der Waals surface area contributed by atoms with E-state index >= 15 is 0 Å². The van der Waals surface area contributed by atoms with E-state index in [0.29, 0.717) is 16.0 Å². The number of aliphatic hydroxyl groups is 1. The normalized spacial score (nSPS) is 20.2. The summed E-state index contributed by atoms with van der Waals surface area (Å²) in [6.45, 7) is 1.46. The zero-order valence-corrected chi connectivity index (χ0v) is 22.5. The number of nitro benzene ring substituents is 2. The smallest absolute Gasteiger partial charge is 0.407 e. The molecule has 0 aliphatic carbocycles. The monoisotopic (exact) mass is 586 g/mol. The van der Waals surface area contributed by atoms with Gasteiger partial charge in [0.05, 0.1) is 27.9 Å². The molecule has 41 heavy (non-hydrogen) atoms. The topological polar surface area (TPSA) is 202 Å². The highest BCUT2D eigenvalue weighted by molar-refractivity contribution is 8.03. The summed E-state index contributed by atoms with van der Waals surface area (Å²) in [4.78, 5) is 59.5. The van der Waals surface area contributed by atoms with E-state index < -0.39 is 51.8 Å². The number of benzene rings is 2. The third-order valence-electron chi connectivity index (χ3n) is 6.88. The highest BCUT2D eigenvalue weighted by Gasteiger charge is 2.61. The molecule has 216 valence electrons. The number of nitrogens with one attached hydrogen (secondary N) is 1. The van der Waals surface area contributed by atoms with E-state index in [-0.39, 0.29) is 42.4 Å². The Bertz CT molecular complexity index is 1390. The number of carboxylic acid groups (broad SMARTS) is 1. The molecule has 2 aliphatic rings. The van der Waals surface area contributed by atoms with Gasteiger partial charge in [-0.25, -0.2) is 9.59 Å². The van der Waals surface area contributed by atoms with Gasteiger partial charge in [0.2, 0.25) is 5.91 Å². The van der Waals surface area contributed by atoms with Crippen molar-refractivity contribution in [2.75, 3.05) is 12.3 Å². The fourth-order valence-electron chi connectivity index (χ4n) is 5.00. The number of fused-ring (bicyclic) bond motifs is 1. The fourth-order valence-corrected chi connectivity index (χ4v) is 6.18. The van der Waals surface area contributed by atoms with Crippen molar-refractivity contribution >= 4 is 41.1 Å². The molecule has 2 heterocycles. The standard InChI is InChI=1S/C26H26N4O10S/c1-14(31)20-21-19(12-15-2-6-17(7-3-15)29(36)37)23(22(25(33)34)28(21)24(20)32)41-11-10-27-26(35)40-13-16-4-8-18(9-5-16)30(38)39/h2-9,14,19-21,31H,10-13H2,1H3,(H,27,35)(H,33,34)/t14-,19?,20+,21-/m0/s1. The first-order valence-corrected chi connectivity index (χ1v) is 13.5. The number of carboxylic acids is 1. The van der Waals surface area contributed by atoms with E-state index in [9.17, 15) is 44.8 Å². The highest BCUT2D eigenvalue weighted by Crippen LogP contribution is 2.51. The Morgan fingerprint density at radius 1 is 1.05 bits per heavy atom. The minimum atomic E-state index is -1.29. The number of hydrogen-bond acceptors (Lipinski definition) is 10. The number of ether oxygens (including phenoxy) is 1. The number of alkyl carbamates (subject to hydrolysis) is 1. The van der Waals surface area contributed by atoms with E-state index in [0.717, 1.165) is 11.8 Å². The maximum absolute atomic E-state index is 12.8. The zero-order chi connectivity index (χ0) is 29.8. The van der Waals surface area contributed by atoms with Crippen LogP contribution in [0, 0.1) is 32.1 Å². The summed E-state index contributed by atoms with van der Waals surface area (Å²) in [5.41, 5.74) is 0.899. The number of non-ortho nitro benzene ring substituents is 2. The highest BCUT2D eigenvalue weighted by atomic mass is 32.2. The van der Waals surface area contributed by atoms with Crippen LogP contribution in [0.25, 0.3) is 0 Å². The van der Waals surface area contributed by atoms with Gasteiger partial charge in [-0.1, -0.05) is 12.1 Å². The molecule has 3 N–H and O–H groups in total. The second kappa shape index (κ2) is 12.3. The van der Waals surface area contributed by atoms with Crippen LogP contribution in [0.5, 0.6) is 0 Å². The zero-order valence-electron chi connectivity index (χ0n) is 21.7. The number of hydrogen-bond donors (Lipinski definition) is 3. The van der Waals surface area contributed by atoms with Crippen molar-refractivity contribution in [2.24, 2.45) is 11.8 Å². The molecule has 0 aromatic heterocycles. The van der Waals surface area contributed by atoms with Crippen LogP contribution >= 0.6 is 11.8 Å². The van der Waals surface area contributed by atoms with Crippen molar-refractivity contribution in [2.45, 2.75) is 32.1 Å². The minimum Gasteiger partial charge on any atom is -0.477 e. The number of rotatable bonds is 12. The van der Waals surface area contributed by atoms with Crippen molar-refractivity contribution in [1.82, 2.24) is 10.2 Å². The maximum atomic E-state index is 12.8. The third kappa shape index (κ3) is 6.30. The number of aliphatic carboxylic acids is 1. The lowest BCUT2D eigenvalue weighted by molar-refractivity contribution is -0.385. The number of amides is 2. The van der Waals surface area contributed by atoms with E-state index in [1.807, 2.05) is 0 Å². The van der Waals surface area contributed by atoms with Crippen LogP contribution < -0.4 is 5.32 Å². The molecule has 4 rings (SSSR count). The molecule has 0 saturated carbocycles. The molecule has 2 aliphatic heterocycles. The van der Waals surface area contributed by atoms with E-state index in [1.54, 1.807) is 12.1 Å². The first kappa shape index (κ1) is 29.5. The number of β-lactam (4-membered cyclic amide) rings is 1. The predicted octanol–water partition coefficient (Wildman–Crippen LogP) is 2.84. The number of thioether (sulfide) groups is 1. The van der Waals surface area contributed by atoms with Crippen LogP contribution in [-0.4, -0.2) is 67.4 Å². The lowest BCUT2D eigenvalue weighted by Gasteiger charge is -2.47. The van der Waals surface area contributed by atoms with Crippen LogP contribution in [0.2, 0.25) is 0 Å². The summed E-state index contributed by atoms with van der Waals surface area (Å²) in [5, 5.41) is 44.5. The van der Waals surface area contributed by atoms with Crippen molar-refractivity contribution in [3.8, 4) is 0 Å². The molecule has 0 radical (unpaired) electrons. The van der Waals surface area contributed by atoms with Crippen LogP contribution in [0.15, 0.2) is 59.1 Å². The summed E-state index contributed by atoms with van der Waals surface area (Å²) in [6, 6.07) is 10.8. The molecule has 1 unspecified atom stereocenters. The molecule has 14 nitrogen and oxygen atoms in total. The van der Waals surface area contributed by atoms with Gasteiger partial charge in [0.15, 0.2) is 0 Å². The minimum absolute atomic E-state index is 0.0877. The average molecular weight is 587 g/mol. The Balaban J connectivity index is 1.41. The van der Waals surface area contributed by atoms with Gasteiger partial charge in [0, 0.05) is 47.4 Å². The van der Waals surface area contributed by atoms with Crippen molar-refractivity contribution < 1.29 is 39.2 Å². The van der Waals surface area contributed by atoms with Gasteiger partial charge in [-0.2, -0.15) is 0 Å². The number of nitro groups is 2. The maximum Gasteiger partial charge on any atom is 0.407 e. The molecule has 2 amide bonds. The molecule has 4 atom stereocenters. The fraction of sp³-hybridized carbons (Fsp3) is 0.346. The van der Waals surface area contributed by atoms with Crippen molar-refractivity contribution in [1.29, 1.82) is 0 Å². The van der Waals surface area contributed by atoms with E-state index in [2.05, 4.69) is 5.32 Å². The molecule has 0 spiro atoms. The van der Waals surface area contributed by atoms with Gasteiger partial charge in [0.25, 0.3) is 11.4 Å². The van der Waals surface area contributed by atoms with Gasteiger partial charge in [0.1, 0.15) is 12.3 Å². The third-order valence-corrected chi connectivity index (χ3v) is 8.10. The van der Waals surface area contributed by atoms with Gasteiger partial charge in [-0.05, 0) is 36.6 Å². The quantitative estimate of drug-likeness (QED) is 0.143. The van der Waals surface area contributed by atoms with Crippen LogP contribution in [0.4, 0.5) is 16.2 Å². The lowest BCUT2D eigenvalue weighted by atomic mass is 9.76. The molecular formula is C26H26N4O10S. The summed E-state index contributed by atoms with van der Waals surface area (Å²) < 4.78 is 5.12. The average Bonchev–Trinajstić information content (AvgIpc) is 3.19. The molecular weight excluding hydrogens is 560 g/mol. The van der Waals surface area contributed by atoms with E-state index in [4.69, 9.17) is 4.74 Å².